The second-order valence-electron chi connectivity index (χ2n) is 7.52. The Morgan fingerprint density at radius 2 is 1.92 bits per heavy atom. The Bertz CT molecular complexity index is 580. The highest BCUT2D eigenvalue weighted by Crippen LogP contribution is 2.54. The SMILES string of the molecule is COc1ccc([C@H]2[C@H]3CCCC[C@@H]3[C@@H]2NCC2=CCCOC2)cc1. The molecule has 2 saturated carbocycles. The molecule has 0 radical (unpaired) electrons. The highest BCUT2D eigenvalue weighted by atomic mass is 16.5. The van der Waals surface area contributed by atoms with E-state index in [0.717, 1.165) is 43.8 Å². The van der Waals surface area contributed by atoms with E-state index >= 15 is 0 Å². The zero-order chi connectivity index (χ0) is 16.4. The molecule has 1 aromatic rings. The van der Waals surface area contributed by atoms with Gasteiger partial charge in [-0.3, -0.25) is 0 Å². The second-order valence-corrected chi connectivity index (χ2v) is 7.52. The van der Waals surface area contributed by atoms with Crippen molar-refractivity contribution in [2.24, 2.45) is 11.8 Å². The molecule has 0 saturated heterocycles. The van der Waals surface area contributed by atoms with Gasteiger partial charge in [-0.05, 0) is 54.4 Å². The highest BCUT2D eigenvalue weighted by molar-refractivity contribution is 5.33. The molecule has 1 aromatic carbocycles. The fraction of sp³-hybridized carbons (Fsp3) is 0.619. The van der Waals surface area contributed by atoms with E-state index in [2.05, 4.69) is 35.7 Å². The molecule has 0 unspecified atom stereocenters. The van der Waals surface area contributed by atoms with Crippen LogP contribution in [0.4, 0.5) is 0 Å². The standard InChI is InChI=1S/C21H29NO2/c1-23-17-10-8-16(9-11-17)20-18-6-2-3-7-19(18)21(20)22-13-15-5-4-12-24-14-15/h5,8-11,18-22H,2-4,6-7,12-14H2,1H3/t18-,19-,20-,21-/m0/s1. The quantitative estimate of drug-likeness (QED) is 0.832. The molecule has 0 aromatic heterocycles. The number of hydrogen-bond acceptors (Lipinski definition) is 3. The van der Waals surface area contributed by atoms with Gasteiger partial charge in [0.25, 0.3) is 0 Å². The van der Waals surface area contributed by atoms with Crippen molar-refractivity contribution in [3.05, 3.63) is 41.5 Å². The van der Waals surface area contributed by atoms with Crippen LogP contribution in [-0.4, -0.2) is 32.9 Å². The van der Waals surface area contributed by atoms with Crippen molar-refractivity contribution in [3.8, 4) is 5.75 Å². The lowest BCUT2D eigenvalue weighted by atomic mass is 9.53. The number of methoxy groups -OCH3 is 1. The number of benzene rings is 1. The summed E-state index contributed by atoms with van der Waals surface area (Å²) in [5.41, 5.74) is 2.90. The Morgan fingerprint density at radius 1 is 1.12 bits per heavy atom. The Hall–Kier alpha value is -1.32. The monoisotopic (exact) mass is 327 g/mol. The van der Waals surface area contributed by atoms with E-state index in [4.69, 9.17) is 9.47 Å². The topological polar surface area (TPSA) is 30.5 Å². The van der Waals surface area contributed by atoms with Crippen molar-refractivity contribution >= 4 is 0 Å². The molecular weight excluding hydrogens is 298 g/mol. The van der Waals surface area contributed by atoms with Crippen molar-refractivity contribution < 1.29 is 9.47 Å². The van der Waals surface area contributed by atoms with Crippen molar-refractivity contribution in [1.29, 1.82) is 0 Å². The molecule has 24 heavy (non-hydrogen) atoms. The molecular formula is C21H29NO2. The Balaban J connectivity index is 1.47. The Morgan fingerprint density at radius 3 is 2.62 bits per heavy atom. The van der Waals surface area contributed by atoms with Gasteiger partial charge in [-0.1, -0.05) is 31.1 Å². The molecule has 130 valence electrons. The zero-order valence-corrected chi connectivity index (χ0v) is 14.7. The van der Waals surface area contributed by atoms with Gasteiger partial charge in [0.15, 0.2) is 0 Å². The summed E-state index contributed by atoms with van der Waals surface area (Å²) in [4.78, 5) is 0. The van der Waals surface area contributed by atoms with Crippen molar-refractivity contribution in [3.63, 3.8) is 0 Å². The van der Waals surface area contributed by atoms with Crippen molar-refractivity contribution in [1.82, 2.24) is 5.32 Å². The van der Waals surface area contributed by atoms with Crippen LogP contribution in [0.3, 0.4) is 0 Å². The number of rotatable bonds is 5. The van der Waals surface area contributed by atoms with Gasteiger partial charge in [0, 0.05) is 18.5 Å². The zero-order valence-electron chi connectivity index (χ0n) is 14.7. The molecule has 1 heterocycles. The summed E-state index contributed by atoms with van der Waals surface area (Å²) in [6, 6.07) is 9.38. The van der Waals surface area contributed by atoms with Crippen LogP contribution in [-0.2, 0) is 4.74 Å². The predicted molar refractivity (Wildman–Crippen MR) is 96.5 cm³/mol. The summed E-state index contributed by atoms with van der Waals surface area (Å²) in [6.07, 6.45) is 9.02. The van der Waals surface area contributed by atoms with Gasteiger partial charge >= 0.3 is 0 Å². The summed E-state index contributed by atoms with van der Waals surface area (Å²) in [5.74, 6) is 3.33. The number of nitrogens with one attached hydrogen (secondary N) is 1. The maximum absolute atomic E-state index is 5.59. The average Bonchev–Trinajstić information content (AvgIpc) is 2.64. The van der Waals surface area contributed by atoms with E-state index in [-0.39, 0.29) is 0 Å². The van der Waals surface area contributed by atoms with Crippen LogP contribution in [0, 0.1) is 11.8 Å². The maximum Gasteiger partial charge on any atom is 0.118 e. The van der Waals surface area contributed by atoms with Crippen LogP contribution in [0.15, 0.2) is 35.9 Å². The minimum Gasteiger partial charge on any atom is -0.497 e. The highest BCUT2D eigenvalue weighted by Gasteiger charge is 2.50. The molecule has 2 fully saturated rings. The van der Waals surface area contributed by atoms with Gasteiger partial charge in [-0.2, -0.15) is 0 Å². The first-order valence-electron chi connectivity index (χ1n) is 9.50. The van der Waals surface area contributed by atoms with Gasteiger partial charge in [0.1, 0.15) is 5.75 Å². The third-order valence-corrected chi connectivity index (χ3v) is 6.23. The molecule has 3 nitrogen and oxygen atoms in total. The van der Waals surface area contributed by atoms with E-state index in [1.807, 2.05) is 0 Å². The first kappa shape index (κ1) is 16.2. The lowest BCUT2D eigenvalue weighted by molar-refractivity contribution is 0.0271. The summed E-state index contributed by atoms with van der Waals surface area (Å²) in [5, 5.41) is 3.89. The summed E-state index contributed by atoms with van der Waals surface area (Å²) in [6.45, 7) is 2.67. The summed E-state index contributed by atoms with van der Waals surface area (Å²) in [7, 11) is 1.74. The normalized spacial score (nSPS) is 32.5. The largest absolute Gasteiger partial charge is 0.497 e. The number of ether oxygens (including phenoxy) is 2. The molecule has 4 rings (SSSR count). The van der Waals surface area contributed by atoms with Crippen LogP contribution in [0.5, 0.6) is 5.75 Å². The van der Waals surface area contributed by atoms with Crippen molar-refractivity contribution in [2.45, 2.75) is 44.1 Å². The number of fused-ring (bicyclic) bond motifs is 1. The molecule has 0 bridgehead atoms. The van der Waals surface area contributed by atoms with Gasteiger partial charge in [0.2, 0.25) is 0 Å². The third-order valence-electron chi connectivity index (χ3n) is 6.23. The lowest BCUT2D eigenvalue weighted by Crippen LogP contribution is -2.58. The van der Waals surface area contributed by atoms with Crippen LogP contribution in [0.1, 0.15) is 43.6 Å². The smallest absolute Gasteiger partial charge is 0.118 e. The Labute approximate surface area is 145 Å². The fourth-order valence-corrected chi connectivity index (χ4v) is 5.01. The molecule has 2 aliphatic carbocycles. The minimum atomic E-state index is 0.617. The van der Waals surface area contributed by atoms with Crippen molar-refractivity contribution in [2.75, 3.05) is 26.9 Å². The van der Waals surface area contributed by atoms with Crippen LogP contribution < -0.4 is 10.1 Å². The molecule has 1 aliphatic heterocycles. The van der Waals surface area contributed by atoms with E-state index in [1.54, 1.807) is 7.11 Å². The van der Waals surface area contributed by atoms with E-state index in [1.165, 1.54) is 36.8 Å². The van der Waals surface area contributed by atoms with Gasteiger partial charge in [-0.15, -0.1) is 0 Å². The lowest BCUT2D eigenvalue weighted by Gasteiger charge is -2.55. The second kappa shape index (κ2) is 7.28. The first-order chi connectivity index (χ1) is 11.9. The molecule has 4 atom stereocenters. The molecule has 3 aliphatic rings. The van der Waals surface area contributed by atoms with Crippen LogP contribution in [0.2, 0.25) is 0 Å². The molecule has 0 spiro atoms. The van der Waals surface area contributed by atoms with Crippen LogP contribution in [0.25, 0.3) is 0 Å². The van der Waals surface area contributed by atoms with E-state index in [9.17, 15) is 0 Å². The molecule has 0 amide bonds. The summed E-state index contributed by atoms with van der Waals surface area (Å²) < 4.78 is 10.9. The van der Waals surface area contributed by atoms with Gasteiger partial charge in [0.05, 0.1) is 20.3 Å². The summed E-state index contributed by atoms with van der Waals surface area (Å²) >= 11 is 0. The average molecular weight is 327 g/mol. The molecule has 3 heteroatoms. The maximum atomic E-state index is 5.59. The van der Waals surface area contributed by atoms with Gasteiger partial charge in [-0.25, -0.2) is 0 Å². The predicted octanol–water partition coefficient (Wildman–Crippen LogP) is 3.90. The Kier molecular flexibility index (Phi) is 4.91. The number of hydrogen-bond donors (Lipinski definition) is 1. The van der Waals surface area contributed by atoms with Crippen LogP contribution >= 0.6 is 0 Å². The van der Waals surface area contributed by atoms with Gasteiger partial charge < -0.3 is 14.8 Å². The minimum absolute atomic E-state index is 0.617. The third kappa shape index (κ3) is 3.12. The van der Waals surface area contributed by atoms with E-state index in [0.29, 0.717) is 12.0 Å². The first-order valence-corrected chi connectivity index (χ1v) is 9.50. The fourth-order valence-electron chi connectivity index (χ4n) is 5.01. The molecule has 1 N–H and O–H groups in total. The van der Waals surface area contributed by atoms with E-state index < -0.39 is 0 Å².